The van der Waals surface area contributed by atoms with Gasteiger partial charge in [0.2, 0.25) is 5.91 Å². The molecule has 4 rings (SSSR count). The maximum atomic E-state index is 15.7. The Hall–Kier alpha value is -3.23. The molecule has 0 radical (unpaired) electrons. The highest BCUT2D eigenvalue weighted by atomic mass is 19.1. The number of furan rings is 1. The Morgan fingerprint density at radius 2 is 2.09 bits per heavy atom. The summed E-state index contributed by atoms with van der Waals surface area (Å²) >= 11 is 0. The Bertz CT molecular complexity index is 1150. The van der Waals surface area contributed by atoms with E-state index in [1.807, 2.05) is 24.8 Å². The Morgan fingerprint density at radius 3 is 2.76 bits per heavy atom. The monoisotopic (exact) mass is 455 g/mol. The molecule has 1 fully saturated rings. The molecule has 0 spiro atoms. The summed E-state index contributed by atoms with van der Waals surface area (Å²) < 4.78 is 23.2. The van der Waals surface area contributed by atoms with Crippen LogP contribution in [0.4, 0.5) is 4.39 Å². The Morgan fingerprint density at radius 1 is 1.30 bits per heavy atom. The first kappa shape index (κ1) is 22.9. The van der Waals surface area contributed by atoms with Gasteiger partial charge < -0.3 is 14.2 Å². The molecule has 0 bridgehead atoms. The number of aryl methyl sites for hydroxylation is 1. The van der Waals surface area contributed by atoms with Crippen molar-refractivity contribution in [2.24, 2.45) is 0 Å². The Balaban J connectivity index is 1.61. The van der Waals surface area contributed by atoms with Gasteiger partial charge in [-0.3, -0.25) is 14.3 Å². The number of fused-ring (bicyclic) bond motifs is 1. The predicted octanol–water partition coefficient (Wildman–Crippen LogP) is 3.78. The summed E-state index contributed by atoms with van der Waals surface area (Å²) in [5.74, 6) is -0.533. The molecule has 33 heavy (non-hydrogen) atoms. The fraction of sp³-hybridized carbons (Fsp3) is 0.500. The SMILES string of the molecule is CC(C)c1cc([C@@H]2CCCN(C(=O)CCn3ccnn3)C2)c(F)c2cc(C(=O)N(C)C)oc12. The van der Waals surface area contributed by atoms with Crippen molar-refractivity contribution in [3.05, 3.63) is 47.2 Å². The van der Waals surface area contributed by atoms with Crippen molar-refractivity contribution in [3.8, 4) is 0 Å². The molecule has 0 saturated carbocycles. The summed E-state index contributed by atoms with van der Waals surface area (Å²) in [5.41, 5.74) is 1.88. The highest BCUT2D eigenvalue weighted by Crippen LogP contribution is 2.38. The molecule has 0 unspecified atom stereocenters. The third-order valence-electron chi connectivity index (χ3n) is 6.27. The number of benzene rings is 1. The minimum Gasteiger partial charge on any atom is -0.450 e. The Kier molecular flexibility index (Phi) is 6.49. The second-order valence-corrected chi connectivity index (χ2v) is 9.17. The van der Waals surface area contributed by atoms with Gasteiger partial charge in [0.25, 0.3) is 5.91 Å². The lowest BCUT2D eigenvalue weighted by molar-refractivity contribution is -0.132. The number of aromatic nitrogens is 3. The van der Waals surface area contributed by atoms with E-state index >= 15 is 4.39 Å². The summed E-state index contributed by atoms with van der Waals surface area (Å²) in [7, 11) is 3.27. The third kappa shape index (κ3) is 4.62. The molecule has 0 N–H and O–H groups in total. The second kappa shape index (κ2) is 9.33. The maximum Gasteiger partial charge on any atom is 0.289 e. The summed E-state index contributed by atoms with van der Waals surface area (Å²) in [6, 6.07) is 3.37. The van der Waals surface area contributed by atoms with E-state index in [1.165, 1.54) is 11.0 Å². The van der Waals surface area contributed by atoms with Gasteiger partial charge in [0.05, 0.1) is 18.1 Å². The molecule has 1 aromatic carbocycles. The lowest BCUT2D eigenvalue weighted by Crippen LogP contribution is -2.39. The number of nitrogens with zero attached hydrogens (tertiary/aromatic N) is 5. The van der Waals surface area contributed by atoms with Gasteiger partial charge in [-0.1, -0.05) is 19.1 Å². The molecule has 1 aliphatic heterocycles. The van der Waals surface area contributed by atoms with Crippen molar-refractivity contribution in [3.63, 3.8) is 0 Å². The van der Waals surface area contributed by atoms with Crippen LogP contribution in [0.1, 0.15) is 66.6 Å². The van der Waals surface area contributed by atoms with Gasteiger partial charge in [0, 0.05) is 51.8 Å². The lowest BCUT2D eigenvalue weighted by atomic mass is 9.86. The molecule has 176 valence electrons. The average molecular weight is 456 g/mol. The molecule has 3 heterocycles. The van der Waals surface area contributed by atoms with E-state index < -0.39 is 0 Å². The van der Waals surface area contributed by atoms with Gasteiger partial charge in [0.15, 0.2) is 5.76 Å². The summed E-state index contributed by atoms with van der Waals surface area (Å²) in [5, 5.41) is 7.99. The molecule has 1 aliphatic rings. The minimum absolute atomic E-state index is 0.0305. The van der Waals surface area contributed by atoms with Gasteiger partial charge in [-0.05, 0) is 36.0 Å². The molecule has 0 aliphatic carbocycles. The van der Waals surface area contributed by atoms with Gasteiger partial charge in [-0.2, -0.15) is 0 Å². The fourth-order valence-corrected chi connectivity index (χ4v) is 4.45. The summed E-state index contributed by atoms with van der Waals surface area (Å²) in [6.07, 6.45) is 5.25. The van der Waals surface area contributed by atoms with Gasteiger partial charge in [-0.15, -0.1) is 5.10 Å². The highest BCUT2D eigenvalue weighted by Gasteiger charge is 2.30. The number of hydrogen-bond acceptors (Lipinski definition) is 5. The topological polar surface area (TPSA) is 84.5 Å². The van der Waals surface area contributed by atoms with E-state index in [0.29, 0.717) is 42.6 Å². The van der Waals surface area contributed by atoms with Gasteiger partial charge in [-0.25, -0.2) is 4.39 Å². The first-order valence-electron chi connectivity index (χ1n) is 11.4. The average Bonchev–Trinajstić information content (AvgIpc) is 3.47. The Labute approximate surface area is 192 Å². The fourth-order valence-electron chi connectivity index (χ4n) is 4.45. The van der Waals surface area contributed by atoms with Crippen LogP contribution in [-0.4, -0.2) is 63.8 Å². The normalized spacial score (nSPS) is 16.5. The number of amides is 2. The van der Waals surface area contributed by atoms with Gasteiger partial charge in [0.1, 0.15) is 11.4 Å². The molecule has 2 amide bonds. The van der Waals surface area contributed by atoms with Crippen molar-refractivity contribution in [1.29, 1.82) is 0 Å². The van der Waals surface area contributed by atoms with Crippen LogP contribution in [0, 0.1) is 5.82 Å². The number of hydrogen-bond donors (Lipinski definition) is 0. The number of likely N-dealkylation sites (tertiary alicyclic amines) is 1. The quantitative estimate of drug-likeness (QED) is 0.565. The molecule has 1 atom stereocenters. The first-order chi connectivity index (χ1) is 15.8. The molecular weight excluding hydrogens is 425 g/mol. The van der Waals surface area contributed by atoms with E-state index in [0.717, 1.165) is 18.4 Å². The van der Waals surface area contributed by atoms with Crippen LogP contribution < -0.4 is 0 Å². The zero-order valence-electron chi connectivity index (χ0n) is 19.5. The number of carbonyl (C=O) groups is 2. The number of halogens is 1. The first-order valence-corrected chi connectivity index (χ1v) is 11.4. The van der Waals surface area contributed by atoms with E-state index in [4.69, 9.17) is 4.42 Å². The largest absolute Gasteiger partial charge is 0.450 e. The van der Waals surface area contributed by atoms with Crippen LogP contribution in [0.2, 0.25) is 0 Å². The van der Waals surface area contributed by atoms with Crippen LogP contribution >= 0.6 is 0 Å². The van der Waals surface area contributed by atoms with E-state index in [1.54, 1.807) is 31.2 Å². The molecule has 3 aromatic rings. The van der Waals surface area contributed by atoms with Crippen molar-refractivity contribution in [1.82, 2.24) is 24.8 Å². The second-order valence-electron chi connectivity index (χ2n) is 9.17. The zero-order chi connectivity index (χ0) is 23.7. The summed E-state index contributed by atoms with van der Waals surface area (Å²) in [4.78, 5) is 28.4. The molecular formula is C24H30FN5O3. The molecule has 2 aromatic heterocycles. The predicted molar refractivity (Wildman–Crippen MR) is 121 cm³/mol. The maximum absolute atomic E-state index is 15.7. The van der Waals surface area contributed by atoms with E-state index in [-0.39, 0.29) is 35.2 Å². The van der Waals surface area contributed by atoms with Crippen LogP contribution in [-0.2, 0) is 11.3 Å². The van der Waals surface area contributed by atoms with Crippen molar-refractivity contribution in [2.45, 2.75) is 51.5 Å². The van der Waals surface area contributed by atoms with Crippen molar-refractivity contribution in [2.75, 3.05) is 27.2 Å². The smallest absolute Gasteiger partial charge is 0.289 e. The lowest BCUT2D eigenvalue weighted by Gasteiger charge is -2.33. The van der Waals surface area contributed by atoms with Crippen LogP contribution in [0.5, 0.6) is 0 Å². The van der Waals surface area contributed by atoms with Crippen LogP contribution in [0.15, 0.2) is 28.9 Å². The van der Waals surface area contributed by atoms with Gasteiger partial charge >= 0.3 is 0 Å². The van der Waals surface area contributed by atoms with Crippen LogP contribution in [0.25, 0.3) is 11.0 Å². The standard InChI is InChI=1S/C24H30FN5O3/c1-15(2)17-12-18(22(25)19-13-20(33-23(17)19)24(32)28(3)4)16-6-5-9-29(14-16)21(31)7-10-30-11-8-26-27-30/h8,11-13,15-16H,5-7,9-10,14H2,1-4H3/t16-/m1/s1. The summed E-state index contributed by atoms with van der Waals surface area (Å²) in [6.45, 7) is 5.65. The number of piperidine rings is 1. The number of carbonyl (C=O) groups excluding carboxylic acids is 2. The molecule has 8 nitrogen and oxygen atoms in total. The number of rotatable bonds is 6. The van der Waals surface area contributed by atoms with E-state index in [9.17, 15) is 9.59 Å². The molecule has 9 heteroatoms. The van der Waals surface area contributed by atoms with E-state index in [2.05, 4.69) is 10.3 Å². The molecule has 1 saturated heterocycles. The minimum atomic E-state index is -0.363. The van der Waals surface area contributed by atoms with Crippen LogP contribution in [0.3, 0.4) is 0 Å². The zero-order valence-corrected chi connectivity index (χ0v) is 19.5. The highest BCUT2D eigenvalue weighted by molar-refractivity contribution is 5.97. The van der Waals surface area contributed by atoms with Crippen molar-refractivity contribution < 1.29 is 18.4 Å². The third-order valence-corrected chi connectivity index (χ3v) is 6.27. The van der Waals surface area contributed by atoms with Crippen molar-refractivity contribution >= 4 is 22.8 Å².